The summed E-state index contributed by atoms with van der Waals surface area (Å²) in [5, 5.41) is 14.1. The Morgan fingerprint density at radius 3 is 2.55 bits per heavy atom. The molecule has 2 rings (SSSR count). The predicted octanol–water partition coefficient (Wildman–Crippen LogP) is 3.91. The van der Waals surface area contributed by atoms with Gasteiger partial charge < -0.3 is 15.2 Å². The van der Waals surface area contributed by atoms with E-state index in [9.17, 15) is 5.11 Å². The van der Waals surface area contributed by atoms with Crippen LogP contribution in [0.15, 0.2) is 42.5 Å². The van der Waals surface area contributed by atoms with Gasteiger partial charge in [0.25, 0.3) is 0 Å². The lowest BCUT2D eigenvalue weighted by atomic mass is 10.1. The zero-order valence-electron chi connectivity index (χ0n) is 11.6. The summed E-state index contributed by atoms with van der Waals surface area (Å²) in [6, 6.07) is 13.4. The van der Waals surface area contributed by atoms with Crippen LogP contribution in [0.4, 0.5) is 0 Å². The lowest BCUT2D eigenvalue weighted by Gasteiger charge is -2.15. The number of phenolic OH excluding ortho intramolecular Hbond substituents is 1. The highest BCUT2D eigenvalue weighted by atomic mass is 35.5. The third-order valence-electron chi connectivity index (χ3n) is 3.27. The molecule has 20 heavy (non-hydrogen) atoms. The van der Waals surface area contributed by atoms with E-state index in [4.69, 9.17) is 16.3 Å². The first kappa shape index (κ1) is 14.7. The van der Waals surface area contributed by atoms with Crippen molar-refractivity contribution >= 4 is 11.6 Å². The van der Waals surface area contributed by atoms with E-state index in [0.717, 1.165) is 16.1 Å². The molecular weight excluding hydrogens is 274 g/mol. The molecule has 2 aromatic carbocycles. The van der Waals surface area contributed by atoms with Crippen LogP contribution in [0.25, 0.3) is 0 Å². The number of ether oxygens (including phenoxy) is 1. The summed E-state index contributed by atoms with van der Waals surface area (Å²) in [4.78, 5) is 0. The van der Waals surface area contributed by atoms with Crippen LogP contribution in [-0.2, 0) is 6.54 Å². The first-order chi connectivity index (χ1) is 9.61. The van der Waals surface area contributed by atoms with Crippen molar-refractivity contribution < 1.29 is 9.84 Å². The number of para-hydroxylation sites is 1. The van der Waals surface area contributed by atoms with Crippen LogP contribution in [0.2, 0.25) is 5.02 Å². The molecule has 0 fully saturated rings. The third-order valence-corrected chi connectivity index (χ3v) is 3.52. The van der Waals surface area contributed by atoms with E-state index >= 15 is 0 Å². The number of hydrogen-bond donors (Lipinski definition) is 2. The Kier molecular flexibility index (Phi) is 4.88. The van der Waals surface area contributed by atoms with E-state index in [0.29, 0.717) is 12.3 Å². The van der Waals surface area contributed by atoms with Crippen molar-refractivity contribution in [3.63, 3.8) is 0 Å². The molecule has 0 aliphatic carbocycles. The summed E-state index contributed by atoms with van der Waals surface area (Å²) in [7, 11) is 1.54. The standard InChI is InChI=1S/C16H18ClNO2/c1-11(12-6-8-14(17)9-7-12)18-10-13-4-3-5-15(20-2)16(13)19/h3-9,11,18-19H,10H2,1-2H3/t11-/m1/s1. The topological polar surface area (TPSA) is 41.5 Å². The fourth-order valence-corrected chi connectivity index (χ4v) is 2.13. The second-order valence-electron chi connectivity index (χ2n) is 4.62. The molecular formula is C16H18ClNO2. The fraction of sp³-hybridized carbons (Fsp3) is 0.250. The van der Waals surface area contributed by atoms with E-state index < -0.39 is 0 Å². The molecule has 0 aliphatic rings. The highest BCUT2D eigenvalue weighted by Gasteiger charge is 2.09. The van der Waals surface area contributed by atoms with Gasteiger partial charge in [0.1, 0.15) is 0 Å². The van der Waals surface area contributed by atoms with Gasteiger partial charge in [-0.2, -0.15) is 0 Å². The molecule has 0 bridgehead atoms. The first-order valence-electron chi connectivity index (χ1n) is 6.45. The maximum atomic E-state index is 10.0. The molecule has 0 aromatic heterocycles. The average Bonchev–Trinajstić information content (AvgIpc) is 2.46. The minimum Gasteiger partial charge on any atom is -0.504 e. The molecule has 0 heterocycles. The Labute approximate surface area is 124 Å². The van der Waals surface area contributed by atoms with Gasteiger partial charge in [0.2, 0.25) is 0 Å². The molecule has 1 atom stereocenters. The second kappa shape index (κ2) is 6.64. The number of benzene rings is 2. The van der Waals surface area contributed by atoms with Gasteiger partial charge in [0.05, 0.1) is 7.11 Å². The lowest BCUT2D eigenvalue weighted by molar-refractivity contribution is 0.369. The number of aromatic hydroxyl groups is 1. The minimum absolute atomic E-state index is 0.165. The maximum absolute atomic E-state index is 10.0. The van der Waals surface area contributed by atoms with Gasteiger partial charge in [-0.1, -0.05) is 35.9 Å². The normalized spacial score (nSPS) is 12.2. The molecule has 0 unspecified atom stereocenters. The zero-order chi connectivity index (χ0) is 14.5. The van der Waals surface area contributed by atoms with Crippen molar-refractivity contribution in [1.29, 1.82) is 0 Å². The van der Waals surface area contributed by atoms with Crippen LogP contribution in [0.1, 0.15) is 24.1 Å². The largest absolute Gasteiger partial charge is 0.504 e. The smallest absolute Gasteiger partial charge is 0.162 e. The fourth-order valence-electron chi connectivity index (χ4n) is 2.01. The maximum Gasteiger partial charge on any atom is 0.162 e. The molecule has 4 heteroatoms. The molecule has 0 spiro atoms. The molecule has 2 N–H and O–H groups in total. The van der Waals surface area contributed by atoms with Crippen molar-refractivity contribution in [1.82, 2.24) is 5.32 Å². The molecule has 0 saturated heterocycles. The Morgan fingerprint density at radius 1 is 1.20 bits per heavy atom. The van der Waals surface area contributed by atoms with E-state index in [1.165, 1.54) is 0 Å². The van der Waals surface area contributed by atoms with Gasteiger partial charge in [-0.25, -0.2) is 0 Å². The summed E-state index contributed by atoms with van der Waals surface area (Å²) in [5.41, 5.74) is 1.96. The first-order valence-corrected chi connectivity index (χ1v) is 6.83. The molecule has 0 radical (unpaired) electrons. The van der Waals surface area contributed by atoms with E-state index in [1.54, 1.807) is 13.2 Å². The van der Waals surface area contributed by atoms with Gasteiger partial charge >= 0.3 is 0 Å². The van der Waals surface area contributed by atoms with Crippen LogP contribution in [0.5, 0.6) is 11.5 Å². The minimum atomic E-state index is 0.165. The highest BCUT2D eigenvalue weighted by Crippen LogP contribution is 2.29. The van der Waals surface area contributed by atoms with Crippen LogP contribution in [0, 0.1) is 0 Å². The summed E-state index contributed by atoms with van der Waals surface area (Å²) >= 11 is 5.88. The molecule has 106 valence electrons. The van der Waals surface area contributed by atoms with Gasteiger partial charge in [-0.15, -0.1) is 0 Å². The second-order valence-corrected chi connectivity index (χ2v) is 5.06. The zero-order valence-corrected chi connectivity index (χ0v) is 12.3. The van der Waals surface area contributed by atoms with Gasteiger partial charge in [-0.3, -0.25) is 0 Å². The van der Waals surface area contributed by atoms with E-state index in [-0.39, 0.29) is 11.8 Å². The third kappa shape index (κ3) is 3.44. The number of nitrogens with one attached hydrogen (secondary N) is 1. The number of halogens is 1. The van der Waals surface area contributed by atoms with Gasteiger partial charge in [-0.05, 0) is 30.7 Å². The molecule has 2 aromatic rings. The van der Waals surface area contributed by atoms with Gasteiger partial charge in [0.15, 0.2) is 11.5 Å². The van der Waals surface area contributed by atoms with Crippen molar-refractivity contribution in [2.24, 2.45) is 0 Å². The summed E-state index contributed by atoms with van der Waals surface area (Å²) in [6.45, 7) is 2.63. The SMILES string of the molecule is COc1cccc(CN[C@H](C)c2ccc(Cl)cc2)c1O. The lowest BCUT2D eigenvalue weighted by Crippen LogP contribution is -2.18. The monoisotopic (exact) mass is 291 g/mol. The van der Waals surface area contributed by atoms with Crippen molar-refractivity contribution in [2.45, 2.75) is 19.5 Å². The van der Waals surface area contributed by atoms with Crippen LogP contribution < -0.4 is 10.1 Å². The van der Waals surface area contributed by atoms with Crippen LogP contribution in [0.3, 0.4) is 0 Å². The van der Waals surface area contributed by atoms with Crippen LogP contribution >= 0.6 is 11.6 Å². The van der Waals surface area contributed by atoms with Gasteiger partial charge in [0, 0.05) is 23.2 Å². The predicted molar refractivity (Wildman–Crippen MR) is 81.4 cm³/mol. The summed E-state index contributed by atoms with van der Waals surface area (Å²) in [5.74, 6) is 0.675. The number of phenols is 1. The molecule has 3 nitrogen and oxygen atoms in total. The summed E-state index contributed by atoms with van der Waals surface area (Å²) in [6.07, 6.45) is 0. The molecule has 0 amide bonds. The van der Waals surface area contributed by atoms with Crippen molar-refractivity contribution in [2.75, 3.05) is 7.11 Å². The Hall–Kier alpha value is -1.71. The van der Waals surface area contributed by atoms with E-state index in [2.05, 4.69) is 12.2 Å². The Bertz CT molecular complexity index is 569. The number of methoxy groups -OCH3 is 1. The highest BCUT2D eigenvalue weighted by molar-refractivity contribution is 6.30. The average molecular weight is 292 g/mol. The molecule has 0 saturated carbocycles. The van der Waals surface area contributed by atoms with Crippen molar-refractivity contribution in [3.05, 3.63) is 58.6 Å². The summed E-state index contributed by atoms with van der Waals surface area (Å²) < 4.78 is 5.10. The Balaban J connectivity index is 2.03. The number of hydrogen-bond acceptors (Lipinski definition) is 3. The van der Waals surface area contributed by atoms with E-state index in [1.807, 2.05) is 36.4 Å². The quantitative estimate of drug-likeness (QED) is 0.878. The molecule has 0 aliphatic heterocycles. The number of rotatable bonds is 5. The van der Waals surface area contributed by atoms with Crippen molar-refractivity contribution in [3.8, 4) is 11.5 Å². The van der Waals surface area contributed by atoms with Crippen LogP contribution in [-0.4, -0.2) is 12.2 Å². The Morgan fingerprint density at radius 2 is 1.90 bits per heavy atom.